The van der Waals surface area contributed by atoms with Gasteiger partial charge in [-0.2, -0.15) is 5.26 Å². The van der Waals surface area contributed by atoms with E-state index < -0.39 is 0 Å². The van der Waals surface area contributed by atoms with Crippen molar-refractivity contribution in [2.75, 3.05) is 11.9 Å². The van der Waals surface area contributed by atoms with Crippen molar-refractivity contribution in [3.8, 4) is 6.07 Å². The second-order valence-electron chi connectivity index (χ2n) is 4.39. The summed E-state index contributed by atoms with van der Waals surface area (Å²) in [5, 5.41) is 13.7. The van der Waals surface area contributed by atoms with Gasteiger partial charge in [0.1, 0.15) is 0 Å². The Labute approximate surface area is 116 Å². The third kappa shape index (κ3) is 3.20. The minimum Gasteiger partial charge on any atom is -0.337 e. The highest BCUT2D eigenvalue weighted by atomic mass is 16.2. The van der Waals surface area contributed by atoms with Gasteiger partial charge in [-0.15, -0.1) is 0 Å². The van der Waals surface area contributed by atoms with Gasteiger partial charge in [-0.25, -0.2) is 14.8 Å². The summed E-state index contributed by atoms with van der Waals surface area (Å²) in [5.41, 5.74) is 3.94. The van der Waals surface area contributed by atoms with E-state index >= 15 is 0 Å². The first-order valence-corrected chi connectivity index (χ1v) is 6.27. The summed E-state index contributed by atoms with van der Waals surface area (Å²) < 4.78 is 0. The quantitative estimate of drug-likeness (QED) is 0.836. The van der Waals surface area contributed by atoms with Crippen LogP contribution in [-0.2, 0) is 0 Å². The van der Waals surface area contributed by atoms with Crippen LogP contribution in [0.25, 0.3) is 11.0 Å². The van der Waals surface area contributed by atoms with Gasteiger partial charge in [-0.3, -0.25) is 0 Å². The number of carbonyl (C=O) groups excluding carboxylic acids is 1. The minimum absolute atomic E-state index is 0.287. The van der Waals surface area contributed by atoms with Crippen LogP contribution < -0.4 is 10.6 Å². The Kier molecular flexibility index (Phi) is 4.11. The Morgan fingerprint density at radius 3 is 2.65 bits per heavy atom. The molecular weight excluding hydrogens is 254 g/mol. The SMILES string of the molecule is Cc1nc2ccc(NC(=O)NCCC#N)cc2nc1C. The number of nitrogens with one attached hydrogen (secondary N) is 2. The first kappa shape index (κ1) is 13.7. The molecule has 0 saturated carbocycles. The van der Waals surface area contributed by atoms with Gasteiger partial charge in [-0.1, -0.05) is 0 Å². The number of amides is 2. The van der Waals surface area contributed by atoms with Gasteiger partial charge in [0.2, 0.25) is 0 Å². The van der Waals surface area contributed by atoms with E-state index in [0.717, 1.165) is 22.4 Å². The van der Waals surface area contributed by atoms with E-state index in [4.69, 9.17) is 5.26 Å². The third-order valence-corrected chi connectivity index (χ3v) is 2.86. The van der Waals surface area contributed by atoms with E-state index in [-0.39, 0.29) is 12.5 Å². The highest BCUT2D eigenvalue weighted by Crippen LogP contribution is 2.17. The predicted octanol–water partition coefficient (Wildman–Crippen LogP) is 2.28. The summed E-state index contributed by atoms with van der Waals surface area (Å²) in [6.45, 7) is 4.14. The highest BCUT2D eigenvalue weighted by molar-refractivity contribution is 5.91. The zero-order chi connectivity index (χ0) is 14.5. The van der Waals surface area contributed by atoms with Crippen molar-refractivity contribution in [1.82, 2.24) is 15.3 Å². The van der Waals surface area contributed by atoms with Gasteiger partial charge in [0, 0.05) is 12.2 Å². The molecular formula is C14H15N5O. The number of hydrogen-bond donors (Lipinski definition) is 2. The average Bonchev–Trinajstić information content (AvgIpc) is 2.41. The lowest BCUT2D eigenvalue weighted by molar-refractivity contribution is 0.252. The molecule has 102 valence electrons. The number of nitrogens with zero attached hydrogens (tertiary/aromatic N) is 3. The topological polar surface area (TPSA) is 90.7 Å². The summed E-state index contributed by atoms with van der Waals surface area (Å²) in [7, 11) is 0. The number of nitriles is 1. The Balaban J connectivity index is 2.14. The first-order chi connectivity index (χ1) is 9.60. The summed E-state index contributed by atoms with van der Waals surface area (Å²) >= 11 is 0. The Hall–Kier alpha value is -2.68. The van der Waals surface area contributed by atoms with E-state index in [1.807, 2.05) is 26.0 Å². The van der Waals surface area contributed by atoms with Crippen LogP contribution >= 0.6 is 0 Å². The number of benzene rings is 1. The molecule has 2 rings (SSSR count). The fourth-order valence-electron chi connectivity index (χ4n) is 1.72. The Morgan fingerprint density at radius 2 is 1.95 bits per heavy atom. The molecule has 20 heavy (non-hydrogen) atoms. The second kappa shape index (κ2) is 5.97. The van der Waals surface area contributed by atoms with Crippen LogP contribution in [-0.4, -0.2) is 22.5 Å². The molecule has 0 aliphatic rings. The standard InChI is InChI=1S/C14H15N5O/c1-9-10(2)18-13-8-11(4-5-12(13)17-9)19-14(20)16-7-3-6-15/h4-5,8H,3,7H2,1-2H3,(H2,16,19,20). The molecule has 0 saturated heterocycles. The molecule has 2 N–H and O–H groups in total. The van der Waals surface area contributed by atoms with Crippen molar-refractivity contribution in [2.45, 2.75) is 20.3 Å². The lowest BCUT2D eigenvalue weighted by Gasteiger charge is -2.08. The fourth-order valence-corrected chi connectivity index (χ4v) is 1.72. The normalized spacial score (nSPS) is 10.1. The predicted molar refractivity (Wildman–Crippen MR) is 76.3 cm³/mol. The molecule has 0 aliphatic heterocycles. The summed E-state index contributed by atoms with van der Waals surface area (Å²) in [6.07, 6.45) is 0.287. The van der Waals surface area contributed by atoms with E-state index in [1.165, 1.54) is 0 Å². The molecule has 1 heterocycles. The monoisotopic (exact) mass is 269 g/mol. The number of carbonyl (C=O) groups is 1. The molecule has 0 unspecified atom stereocenters. The Morgan fingerprint density at radius 1 is 1.25 bits per heavy atom. The number of fused-ring (bicyclic) bond motifs is 1. The lowest BCUT2D eigenvalue weighted by atomic mass is 10.2. The van der Waals surface area contributed by atoms with E-state index in [2.05, 4.69) is 20.6 Å². The number of aryl methyl sites for hydroxylation is 2. The van der Waals surface area contributed by atoms with E-state index in [0.29, 0.717) is 12.2 Å². The zero-order valence-electron chi connectivity index (χ0n) is 11.4. The van der Waals surface area contributed by atoms with Crippen LogP contribution in [0.5, 0.6) is 0 Å². The van der Waals surface area contributed by atoms with Crippen molar-refractivity contribution in [2.24, 2.45) is 0 Å². The largest absolute Gasteiger partial charge is 0.337 e. The minimum atomic E-state index is -0.337. The van der Waals surface area contributed by atoms with Crippen LogP contribution in [0.15, 0.2) is 18.2 Å². The molecule has 0 radical (unpaired) electrons. The second-order valence-corrected chi connectivity index (χ2v) is 4.39. The molecule has 0 bridgehead atoms. The molecule has 1 aromatic heterocycles. The zero-order valence-corrected chi connectivity index (χ0v) is 11.4. The van der Waals surface area contributed by atoms with Gasteiger partial charge in [0.15, 0.2) is 0 Å². The van der Waals surface area contributed by atoms with Crippen LogP contribution in [0.3, 0.4) is 0 Å². The van der Waals surface area contributed by atoms with Crippen molar-refractivity contribution < 1.29 is 4.79 Å². The number of rotatable bonds is 3. The molecule has 6 nitrogen and oxygen atoms in total. The van der Waals surface area contributed by atoms with Gasteiger partial charge in [0.25, 0.3) is 0 Å². The van der Waals surface area contributed by atoms with Gasteiger partial charge < -0.3 is 10.6 Å². The van der Waals surface area contributed by atoms with Crippen LogP contribution in [0, 0.1) is 25.2 Å². The first-order valence-electron chi connectivity index (χ1n) is 6.27. The van der Waals surface area contributed by atoms with Gasteiger partial charge in [0.05, 0.1) is 34.9 Å². The number of anilines is 1. The lowest BCUT2D eigenvalue weighted by Crippen LogP contribution is -2.29. The molecule has 2 aromatic rings. The molecule has 1 aromatic carbocycles. The molecule has 2 amide bonds. The van der Waals surface area contributed by atoms with Gasteiger partial charge in [-0.05, 0) is 32.0 Å². The van der Waals surface area contributed by atoms with Gasteiger partial charge >= 0.3 is 6.03 Å². The summed E-state index contributed by atoms with van der Waals surface area (Å²) in [4.78, 5) is 20.4. The summed E-state index contributed by atoms with van der Waals surface area (Å²) in [6, 6.07) is 6.99. The summed E-state index contributed by atoms with van der Waals surface area (Å²) in [5.74, 6) is 0. The van der Waals surface area contributed by atoms with E-state index in [9.17, 15) is 4.79 Å². The number of aromatic nitrogens is 2. The molecule has 6 heteroatoms. The maximum absolute atomic E-state index is 11.6. The highest BCUT2D eigenvalue weighted by Gasteiger charge is 2.05. The maximum atomic E-state index is 11.6. The van der Waals surface area contributed by atoms with Crippen molar-refractivity contribution in [3.05, 3.63) is 29.6 Å². The van der Waals surface area contributed by atoms with Crippen molar-refractivity contribution in [3.63, 3.8) is 0 Å². The van der Waals surface area contributed by atoms with Crippen LogP contribution in [0.4, 0.5) is 10.5 Å². The molecule has 0 atom stereocenters. The number of urea groups is 1. The van der Waals surface area contributed by atoms with Crippen molar-refractivity contribution in [1.29, 1.82) is 5.26 Å². The maximum Gasteiger partial charge on any atom is 0.319 e. The smallest absolute Gasteiger partial charge is 0.319 e. The molecule has 0 aliphatic carbocycles. The van der Waals surface area contributed by atoms with E-state index in [1.54, 1.807) is 12.1 Å². The average molecular weight is 269 g/mol. The van der Waals surface area contributed by atoms with Crippen LogP contribution in [0.1, 0.15) is 17.8 Å². The molecule has 0 fully saturated rings. The van der Waals surface area contributed by atoms with Crippen molar-refractivity contribution >= 4 is 22.8 Å². The Bertz CT molecular complexity index is 690. The fraction of sp³-hybridized carbons (Fsp3) is 0.286. The molecule has 0 spiro atoms. The number of hydrogen-bond acceptors (Lipinski definition) is 4. The van der Waals surface area contributed by atoms with Crippen LogP contribution in [0.2, 0.25) is 0 Å². The third-order valence-electron chi connectivity index (χ3n) is 2.86.